The van der Waals surface area contributed by atoms with E-state index in [1.165, 1.54) is 16.7 Å². The summed E-state index contributed by atoms with van der Waals surface area (Å²) < 4.78 is 0. The third-order valence-corrected chi connectivity index (χ3v) is 5.24. The van der Waals surface area contributed by atoms with Crippen molar-refractivity contribution in [2.24, 2.45) is 5.92 Å². The number of carbonyl (C=O) groups excluding carboxylic acids is 1. The van der Waals surface area contributed by atoms with Gasteiger partial charge in [0.05, 0.1) is 0 Å². The second-order valence-corrected chi connectivity index (χ2v) is 6.12. The molecule has 0 aromatic heterocycles. The first-order valence-corrected chi connectivity index (χ1v) is 7.42. The van der Waals surface area contributed by atoms with Gasteiger partial charge in [-0.3, -0.25) is 4.79 Å². The Labute approximate surface area is 119 Å². The minimum atomic E-state index is -0.147. The fourth-order valence-electron chi connectivity index (χ4n) is 4.38. The largest absolute Gasteiger partial charge is 0.294 e. The number of benzene rings is 1. The Balaban J connectivity index is 1.91. The van der Waals surface area contributed by atoms with Crippen LogP contribution in [0.1, 0.15) is 36.3 Å². The van der Waals surface area contributed by atoms with E-state index in [9.17, 15) is 4.79 Å². The number of hydrogen-bond acceptors (Lipinski definition) is 1. The number of carbonyl (C=O) groups is 1. The van der Waals surface area contributed by atoms with Crippen LogP contribution in [0.4, 0.5) is 0 Å². The molecule has 0 saturated heterocycles. The monoisotopic (exact) mass is 262 g/mol. The van der Waals surface area contributed by atoms with Crippen LogP contribution in [0.15, 0.2) is 60.7 Å². The van der Waals surface area contributed by atoms with Crippen LogP contribution < -0.4 is 0 Å². The molecule has 0 amide bonds. The van der Waals surface area contributed by atoms with Crippen LogP contribution in [0.2, 0.25) is 0 Å². The Bertz CT molecular complexity index is 664. The summed E-state index contributed by atoms with van der Waals surface area (Å²) >= 11 is 0. The van der Waals surface area contributed by atoms with Crippen LogP contribution in [-0.2, 0) is 10.2 Å². The van der Waals surface area contributed by atoms with E-state index in [-0.39, 0.29) is 11.3 Å². The van der Waals surface area contributed by atoms with E-state index in [2.05, 4.69) is 43.0 Å². The predicted molar refractivity (Wildman–Crippen MR) is 80.6 cm³/mol. The van der Waals surface area contributed by atoms with Crippen molar-refractivity contribution in [3.05, 3.63) is 71.8 Å². The van der Waals surface area contributed by atoms with E-state index in [1.54, 1.807) is 0 Å². The van der Waals surface area contributed by atoms with Gasteiger partial charge in [0.2, 0.25) is 0 Å². The number of ketones is 1. The van der Waals surface area contributed by atoms with Crippen LogP contribution in [-0.4, -0.2) is 5.78 Å². The van der Waals surface area contributed by atoms with Crippen molar-refractivity contribution in [1.29, 1.82) is 0 Å². The third-order valence-electron chi connectivity index (χ3n) is 5.24. The molecule has 2 bridgehead atoms. The SMILES string of the molecule is C=CCC[C@H]1C(=O)C=C2C[C@H]3C=C[C@]21c1ccccc13. The minimum absolute atomic E-state index is 0.0640. The fraction of sp³-hybridized carbons (Fsp3) is 0.316. The molecule has 1 spiro atoms. The zero-order chi connectivity index (χ0) is 13.7. The van der Waals surface area contributed by atoms with Crippen molar-refractivity contribution < 1.29 is 4.79 Å². The van der Waals surface area contributed by atoms with Crippen molar-refractivity contribution in [1.82, 2.24) is 0 Å². The molecule has 0 heterocycles. The molecule has 20 heavy (non-hydrogen) atoms. The molecule has 0 unspecified atom stereocenters. The van der Waals surface area contributed by atoms with Gasteiger partial charge in [-0.05, 0) is 36.5 Å². The Morgan fingerprint density at radius 3 is 3.05 bits per heavy atom. The highest BCUT2D eigenvalue weighted by molar-refractivity contribution is 5.99. The first-order chi connectivity index (χ1) is 9.77. The van der Waals surface area contributed by atoms with Gasteiger partial charge in [-0.15, -0.1) is 6.58 Å². The zero-order valence-corrected chi connectivity index (χ0v) is 11.5. The quantitative estimate of drug-likeness (QED) is 0.750. The summed E-state index contributed by atoms with van der Waals surface area (Å²) in [4.78, 5) is 12.5. The molecule has 1 heteroatoms. The average Bonchev–Trinajstić information content (AvgIpc) is 2.77. The molecule has 1 aromatic carbocycles. The van der Waals surface area contributed by atoms with Crippen LogP contribution in [0.25, 0.3) is 0 Å². The average molecular weight is 262 g/mol. The Morgan fingerprint density at radius 2 is 2.20 bits per heavy atom. The first-order valence-electron chi connectivity index (χ1n) is 7.42. The highest BCUT2D eigenvalue weighted by Crippen LogP contribution is 2.59. The molecule has 4 aliphatic carbocycles. The van der Waals surface area contributed by atoms with E-state index >= 15 is 0 Å². The molecular formula is C19H18O. The summed E-state index contributed by atoms with van der Waals surface area (Å²) in [5.41, 5.74) is 3.98. The van der Waals surface area contributed by atoms with Gasteiger partial charge >= 0.3 is 0 Å². The van der Waals surface area contributed by atoms with E-state index in [0.717, 1.165) is 19.3 Å². The van der Waals surface area contributed by atoms with Crippen molar-refractivity contribution in [3.8, 4) is 0 Å². The van der Waals surface area contributed by atoms with Crippen LogP contribution in [0.3, 0.4) is 0 Å². The zero-order valence-electron chi connectivity index (χ0n) is 11.5. The summed E-state index contributed by atoms with van der Waals surface area (Å²) in [6.45, 7) is 3.81. The third kappa shape index (κ3) is 1.30. The van der Waals surface area contributed by atoms with Gasteiger partial charge in [0.1, 0.15) is 0 Å². The van der Waals surface area contributed by atoms with E-state index in [1.807, 2.05) is 12.2 Å². The molecule has 0 N–H and O–H groups in total. The van der Waals surface area contributed by atoms with E-state index < -0.39 is 0 Å². The second-order valence-electron chi connectivity index (χ2n) is 6.12. The van der Waals surface area contributed by atoms with Gasteiger partial charge in [-0.2, -0.15) is 0 Å². The lowest BCUT2D eigenvalue weighted by Gasteiger charge is -2.46. The fourth-order valence-corrected chi connectivity index (χ4v) is 4.38. The molecule has 0 radical (unpaired) electrons. The number of allylic oxidation sites excluding steroid dienone is 5. The van der Waals surface area contributed by atoms with Gasteiger partial charge in [0, 0.05) is 17.3 Å². The Kier molecular flexibility index (Phi) is 2.41. The molecule has 0 fully saturated rings. The molecule has 4 aliphatic rings. The molecular weight excluding hydrogens is 244 g/mol. The number of rotatable bonds is 3. The van der Waals surface area contributed by atoms with Gasteiger partial charge in [-0.1, -0.05) is 48.1 Å². The lowest BCUT2D eigenvalue weighted by Crippen LogP contribution is -2.41. The Morgan fingerprint density at radius 1 is 1.35 bits per heavy atom. The molecule has 100 valence electrons. The maximum absolute atomic E-state index is 12.5. The van der Waals surface area contributed by atoms with Crippen LogP contribution >= 0.6 is 0 Å². The van der Waals surface area contributed by atoms with Crippen LogP contribution in [0.5, 0.6) is 0 Å². The molecule has 0 saturated carbocycles. The Hall–Kier alpha value is -1.89. The second kappa shape index (κ2) is 4.05. The summed E-state index contributed by atoms with van der Waals surface area (Å²) in [6.07, 6.45) is 11.3. The summed E-state index contributed by atoms with van der Waals surface area (Å²) in [5, 5.41) is 0. The lowest BCUT2D eigenvalue weighted by atomic mass is 9.56. The molecule has 3 atom stereocenters. The molecule has 0 aliphatic heterocycles. The van der Waals surface area contributed by atoms with Gasteiger partial charge in [-0.25, -0.2) is 0 Å². The highest BCUT2D eigenvalue weighted by Gasteiger charge is 2.54. The van der Waals surface area contributed by atoms with Crippen LogP contribution in [0, 0.1) is 5.92 Å². The standard InChI is InChI=1S/C19H18O/c1-2-3-7-17-18(20)12-14-11-13-9-10-19(14,17)16-8-5-4-6-15(13)16/h2,4-6,8-10,12-13,17H,1,3,7,11H2/t13-,17+,19-/m1/s1. The van der Waals surface area contributed by atoms with E-state index in [4.69, 9.17) is 0 Å². The predicted octanol–water partition coefficient (Wildman–Crippen LogP) is 4.07. The van der Waals surface area contributed by atoms with Crippen molar-refractivity contribution >= 4 is 5.78 Å². The smallest absolute Gasteiger partial charge is 0.160 e. The van der Waals surface area contributed by atoms with E-state index in [0.29, 0.717) is 11.7 Å². The van der Waals surface area contributed by atoms with Gasteiger partial charge in [0.15, 0.2) is 5.78 Å². The van der Waals surface area contributed by atoms with Crippen molar-refractivity contribution in [2.45, 2.75) is 30.6 Å². The summed E-state index contributed by atoms with van der Waals surface area (Å²) in [6, 6.07) is 8.67. The maximum Gasteiger partial charge on any atom is 0.160 e. The van der Waals surface area contributed by atoms with Gasteiger partial charge < -0.3 is 0 Å². The summed E-state index contributed by atoms with van der Waals surface area (Å²) in [5.74, 6) is 0.836. The maximum atomic E-state index is 12.5. The van der Waals surface area contributed by atoms with Crippen molar-refractivity contribution in [3.63, 3.8) is 0 Å². The first kappa shape index (κ1) is 11.9. The molecule has 1 aromatic rings. The molecule has 1 nitrogen and oxygen atoms in total. The minimum Gasteiger partial charge on any atom is -0.294 e. The van der Waals surface area contributed by atoms with Gasteiger partial charge in [0.25, 0.3) is 0 Å². The lowest BCUT2D eigenvalue weighted by molar-refractivity contribution is -0.118. The van der Waals surface area contributed by atoms with Crippen molar-refractivity contribution in [2.75, 3.05) is 0 Å². The molecule has 5 rings (SSSR count). The topological polar surface area (TPSA) is 17.1 Å². The number of hydrogen-bond donors (Lipinski definition) is 0. The highest BCUT2D eigenvalue weighted by atomic mass is 16.1. The summed E-state index contributed by atoms with van der Waals surface area (Å²) in [7, 11) is 0. The normalized spacial score (nSPS) is 32.8.